The lowest BCUT2D eigenvalue weighted by molar-refractivity contribution is 0.228. The van der Waals surface area contributed by atoms with Gasteiger partial charge in [-0.2, -0.15) is 0 Å². The highest BCUT2D eigenvalue weighted by Crippen LogP contribution is 2.26. The summed E-state index contributed by atoms with van der Waals surface area (Å²) in [5.74, 6) is 1.84. The monoisotopic (exact) mass is 264 g/mol. The van der Waals surface area contributed by atoms with Gasteiger partial charge in [-0.15, -0.1) is 0 Å². The topological polar surface area (TPSA) is 33.7 Å². The molecule has 0 saturated carbocycles. The zero-order valence-corrected chi connectivity index (χ0v) is 11.9. The lowest BCUT2D eigenvalue weighted by Crippen LogP contribution is -2.42. The molecule has 0 unspecified atom stereocenters. The second-order valence-electron chi connectivity index (χ2n) is 4.66. The molecule has 0 atom stereocenters. The molecule has 0 spiro atoms. The fraction of sp³-hybridized carbons (Fsp3) is 0.600. The van der Waals surface area contributed by atoms with E-state index in [4.69, 9.17) is 9.47 Å². The van der Waals surface area contributed by atoms with Crippen molar-refractivity contribution in [3.05, 3.63) is 23.8 Å². The van der Waals surface area contributed by atoms with Gasteiger partial charge >= 0.3 is 0 Å². The molecule has 0 aromatic heterocycles. The molecule has 1 aliphatic heterocycles. The summed E-state index contributed by atoms with van der Waals surface area (Å²) in [5.41, 5.74) is 1.24. The van der Waals surface area contributed by atoms with Crippen molar-refractivity contribution < 1.29 is 9.47 Å². The van der Waals surface area contributed by atoms with Crippen LogP contribution < -0.4 is 14.8 Å². The molecule has 4 nitrogen and oxygen atoms in total. The number of nitrogens with zero attached hydrogens (tertiary/aromatic N) is 1. The molecule has 0 bridgehead atoms. The van der Waals surface area contributed by atoms with E-state index >= 15 is 0 Å². The minimum absolute atomic E-state index is 0.683. The first-order valence-corrected chi connectivity index (χ1v) is 7.15. The van der Waals surface area contributed by atoms with Crippen molar-refractivity contribution in [2.75, 3.05) is 39.4 Å². The number of hydrogen-bond donors (Lipinski definition) is 1. The van der Waals surface area contributed by atoms with E-state index in [0.717, 1.165) is 44.2 Å². The minimum atomic E-state index is 0.683. The molecule has 106 valence electrons. The van der Waals surface area contributed by atoms with Crippen LogP contribution >= 0.6 is 0 Å². The summed E-state index contributed by atoms with van der Waals surface area (Å²) in [4.78, 5) is 2.45. The fourth-order valence-electron chi connectivity index (χ4n) is 2.32. The molecule has 2 rings (SSSR count). The molecule has 0 amide bonds. The summed E-state index contributed by atoms with van der Waals surface area (Å²) < 4.78 is 11.3. The molecule has 1 fully saturated rings. The Kier molecular flexibility index (Phi) is 5.48. The van der Waals surface area contributed by atoms with Crippen LogP contribution in [-0.4, -0.2) is 44.3 Å². The summed E-state index contributed by atoms with van der Waals surface area (Å²) in [6.07, 6.45) is 0. The van der Waals surface area contributed by atoms with Gasteiger partial charge in [-0.1, -0.05) is 6.07 Å². The van der Waals surface area contributed by atoms with Crippen LogP contribution in [-0.2, 0) is 6.54 Å². The zero-order valence-electron chi connectivity index (χ0n) is 11.9. The van der Waals surface area contributed by atoms with Crippen molar-refractivity contribution in [2.45, 2.75) is 20.4 Å². The zero-order chi connectivity index (χ0) is 13.5. The Balaban J connectivity index is 2.08. The highest BCUT2D eigenvalue weighted by Gasteiger charge is 2.13. The molecule has 1 heterocycles. The smallest absolute Gasteiger partial charge is 0.127 e. The first kappa shape index (κ1) is 14.2. The number of rotatable bonds is 6. The predicted octanol–water partition coefficient (Wildman–Crippen LogP) is 1.89. The molecule has 19 heavy (non-hydrogen) atoms. The number of piperazine rings is 1. The highest BCUT2D eigenvalue weighted by atomic mass is 16.5. The van der Waals surface area contributed by atoms with E-state index < -0.39 is 0 Å². The van der Waals surface area contributed by atoms with Crippen molar-refractivity contribution in [1.82, 2.24) is 10.2 Å². The third-order valence-corrected chi connectivity index (χ3v) is 3.25. The molecular formula is C15H24N2O2. The average molecular weight is 264 g/mol. The van der Waals surface area contributed by atoms with Gasteiger partial charge in [0.1, 0.15) is 11.5 Å². The number of benzene rings is 1. The van der Waals surface area contributed by atoms with Crippen LogP contribution in [0.1, 0.15) is 19.4 Å². The van der Waals surface area contributed by atoms with E-state index in [9.17, 15) is 0 Å². The number of hydrogen-bond acceptors (Lipinski definition) is 4. The van der Waals surface area contributed by atoms with Crippen LogP contribution in [0.15, 0.2) is 18.2 Å². The van der Waals surface area contributed by atoms with Gasteiger partial charge in [0.2, 0.25) is 0 Å². The quantitative estimate of drug-likeness (QED) is 0.851. The molecule has 1 saturated heterocycles. The summed E-state index contributed by atoms with van der Waals surface area (Å²) in [5, 5.41) is 3.37. The van der Waals surface area contributed by atoms with Gasteiger partial charge < -0.3 is 14.8 Å². The first-order valence-electron chi connectivity index (χ1n) is 7.15. The Morgan fingerprint density at radius 3 is 2.53 bits per heavy atom. The molecule has 1 aliphatic rings. The summed E-state index contributed by atoms with van der Waals surface area (Å²) in [6.45, 7) is 10.7. The van der Waals surface area contributed by atoms with Crippen LogP contribution in [0.2, 0.25) is 0 Å². The minimum Gasteiger partial charge on any atom is -0.494 e. The fourth-order valence-corrected chi connectivity index (χ4v) is 2.32. The largest absolute Gasteiger partial charge is 0.494 e. The summed E-state index contributed by atoms with van der Waals surface area (Å²) in [7, 11) is 0. The molecular weight excluding hydrogens is 240 g/mol. The van der Waals surface area contributed by atoms with Crippen LogP contribution in [0, 0.1) is 0 Å². The second kappa shape index (κ2) is 7.36. The molecule has 0 aliphatic carbocycles. The average Bonchev–Trinajstić information content (AvgIpc) is 2.43. The van der Waals surface area contributed by atoms with E-state index in [-0.39, 0.29) is 0 Å². The van der Waals surface area contributed by atoms with Crippen molar-refractivity contribution in [1.29, 1.82) is 0 Å². The maximum Gasteiger partial charge on any atom is 0.127 e. The van der Waals surface area contributed by atoms with E-state index in [0.29, 0.717) is 13.2 Å². The van der Waals surface area contributed by atoms with Crippen LogP contribution in [0.4, 0.5) is 0 Å². The Bertz CT molecular complexity index is 390. The van der Waals surface area contributed by atoms with Gasteiger partial charge in [-0.3, -0.25) is 4.90 Å². The Morgan fingerprint density at radius 2 is 1.84 bits per heavy atom. The van der Waals surface area contributed by atoms with Crippen molar-refractivity contribution >= 4 is 0 Å². The maximum absolute atomic E-state index is 5.74. The Labute approximate surface area is 115 Å². The van der Waals surface area contributed by atoms with Crippen molar-refractivity contribution in [3.8, 4) is 11.5 Å². The first-order chi connectivity index (χ1) is 9.33. The van der Waals surface area contributed by atoms with Crippen molar-refractivity contribution in [2.24, 2.45) is 0 Å². The van der Waals surface area contributed by atoms with Crippen LogP contribution in [0.3, 0.4) is 0 Å². The van der Waals surface area contributed by atoms with E-state index in [2.05, 4.69) is 16.3 Å². The number of nitrogens with one attached hydrogen (secondary N) is 1. The van der Waals surface area contributed by atoms with Crippen molar-refractivity contribution in [3.63, 3.8) is 0 Å². The SMILES string of the molecule is CCOc1ccc(CN2CCNCC2)c(OCC)c1. The Hall–Kier alpha value is -1.26. The van der Waals surface area contributed by atoms with Gasteiger partial charge in [0.15, 0.2) is 0 Å². The third-order valence-electron chi connectivity index (χ3n) is 3.25. The van der Waals surface area contributed by atoms with Gasteiger partial charge in [-0.25, -0.2) is 0 Å². The molecule has 1 aromatic carbocycles. The van der Waals surface area contributed by atoms with E-state index in [1.54, 1.807) is 0 Å². The Morgan fingerprint density at radius 1 is 1.11 bits per heavy atom. The lowest BCUT2D eigenvalue weighted by atomic mass is 10.1. The predicted molar refractivity (Wildman–Crippen MR) is 76.9 cm³/mol. The standard InChI is InChI=1S/C15H24N2O2/c1-3-18-14-6-5-13(15(11-14)19-4-2)12-17-9-7-16-8-10-17/h5-6,11,16H,3-4,7-10,12H2,1-2H3. The molecule has 0 radical (unpaired) electrons. The van der Waals surface area contributed by atoms with Gasteiger partial charge in [0.25, 0.3) is 0 Å². The van der Waals surface area contributed by atoms with E-state index in [1.807, 2.05) is 26.0 Å². The molecule has 4 heteroatoms. The van der Waals surface area contributed by atoms with Gasteiger partial charge in [0.05, 0.1) is 13.2 Å². The second-order valence-corrected chi connectivity index (χ2v) is 4.66. The molecule has 1 N–H and O–H groups in total. The summed E-state index contributed by atoms with van der Waals surface area (Å²) in [6, 6.07) is 6.16. The van der Waals surface area contributed by atoms with Crippen LogP contribution in [0.5, 0.6) is 11.5 Å². The highest BCUT2D eigenvalue weighted by molar-refractivity contribution is 5.40. The normalized spacial score (nSPS) is 16.3. The third kappa shape index (κ3) is 4.11. The van der Waals surface area contributed by atoms with Gasteiger partial charge in [0, 0.05) is 44.4 Å². The van der Waals surface area contributed by atoms with Gasteiger partial charge in [-0.05, 0) is 19.9 Å². The van der Waals surface area contributed by atoms with E-state index in [1.165, 1.54) is 5.56 Å². The number of ether oxygens (including phenoxy) is 2. The van der Waals surface area contributed by atoms with Crippen LogP contribution in [0.25, 0.3) is 0 Å². The maximum atomic E-state index is 5.74. The lowest BCUT2D eigenvalue weighted by Gasteiger charge is -2.28. The molecule has 1 aromatic rings. The summed E-state index contributed by atoms with van der Waals surface area (Å²) >= 11 is 0.